The van der Waals surface area contributed by atoms with E-state index in [-0.39, 0.29) is 17.7 Å². The van der Waals surface area contributed by atoms with E-state index in [4.69, 9.17) is 9.47 Å². The van der Waals surface area contributed by atoms with Crippen molar-refractivity contribution in [2.24, 2.45) is 0 Å². The van der Waals surface area contributed by atoms with Crippen LogP contribution in [-0.2, 0) is 11.4 Å². The minimum absolute atomic E-state index is 0.197. The SMILES string of the molecule is C=C1CCC(N2C(=O)c3cccc(OCc4ccc(OC)cc4)c3C2=O)C(=O)N1. The number of amides is 3. The van der Waals surface area contributed by atoms with Crippen LogP contribution in [-0.4, -0.2) is 35.8 Å². The highest BCUT2D eigenvalue weighted by molar-refractivity contribution is 6.24. The first-order valence-corrected chi connectivity index (χ1v) is 9.25. The Hall–Kier alpha value is -3.61. The molecule has 2 aliphatic heterocycles. The number of fused-ring (bicyclic) bond motifs is 1. The fraction of sp³-hybridized carbons (Fsp3) is 0.227. The van der Waals surface area contributed by atoms with Gasteiger partial charge in [0.2, 0.25) is 5.91 Å². The third-order valence-electron chi connectivity index (χ3n) is 5.10. The Morgan fingerprint density at radius 2 is 1.86 bits per heavy atom. The maximum atomic E-state index is 13.1. The van der Waals surface area contributed by atoms with Crippen LogP contribution in [0, 0.1) is 0 Å². The van der Waals surface area contributed by atoms with Crippen LogP contribution >= 0.6 is 0 Å². The maximum absolute atomic E-state index is 13.1. The number of hydrogen-bond acceptors (Lipinski definition) is 5. The number of carbonyl (C=O) groups is 3. The van der Waals surface area contributed by atoms with Gasteiger partial charge >= 0.3 is 0 Å². The van der Waals surface area contributed by atoms with Gasteiger partial charge in [-0.3, -0.25) is 19.3 Å². The second-order valence-corrected chi connectivity index (χ2v) is 6.94. The largest absolute Gasteiger partial charge is 0.497 e. The van der Waals surface area contributed by atoms with E-state index < -0.39 is 23.8 Å². The molecule has 1 fully saturated rings. The molecule has 7 nitrogen and oxygen atoms in total. The lowest BCUT2D eigenvalue weighted by atomic mass is 10.0. The second kappa shape index (κ2) is 7.43. The average Bonchev–Trinajstić information content (AvgIpc) is 2.98. The van der Waals surface area contributed by atoms with Crippen LogP contribution < -0.4 is 14.8 Å². The predicted molar refractivity (Wildman–Crippen MR) is 105 cm³/mol. The van der Waals surface area contributed by atoms with Crippen molar-refractivity contribution >= 4 is 17.7 Å². The molecule has 0 saturated carbocycles. The smallest absolute Gasteiger partial charge is 0.266 e. The molecule has 2 aliphatic rings. The number of methoxy groups -OCH3 is 1. The number of rotatable bonds is 5. The molecule has 2 aromatic carbocycles. The molecule has 0 radical (unpaired) electrons. The third-order valence-corrected chi connectivity index (χ3v) is 5.10. The summed E-state index contributed by atoms with van der Waals surface area (Å²) < 4.78 is 11.0. The van der Waals surface area contributed by atoms with Gasteiger partial charge in [0.25, 0.3) is 11.8 Å². The number of nitrogens with zero attached hydrogens (tertiary/aromatic N) is 1. The van der Waals surface area contributed by atoms with Gasteiger partial charge in [-0.1, -0.05) is 24.8 Å². The topological polar surface area (TPSA) is 84.9 Å². The van der Waals surface area contributed by atoms with Crippen molar-refractivity contribution in [2.45, 2.75) is 25.5 Å². The van der Waals surface area contributed by atoms with Crippen molar-refractivity contribution in [2.75, 3.05) is 7.11 Å². The summed E-state index contributed by atoms with van der Waals surface area (Å²) in [5.41, 5.74) is 1.93. The van der Waals surface area contributed by atoms with Crippen LogP contribution in [0.5, 0.6) is 11.5 Å². The number of piperidine rings is 1. The Balaban J connectivity index is 1.57. The quantitative estimate of drug-likeness (QED) is 0.791. The van der Waals surface area contributed by atoms with Crippen LogP contribution in [0.4, 0.5) is 0 Å². The molecule has 1 saturated heterocycles. The Morgan fingerprint density at radius 3 is 2.55 bits per heavy atom. The number of hydrogen-bond donors (Lipinski definition) is 1. The minimum atomic E-state index is -0.845. The molecule has 4 rings (SSSR count). The molecule has 2 aromatic rings. The first-order chi connectivity index (χ1) is 14.0. The Bertz CT molecular complexity index is 1010. The van der Waals surface area contributed by atoms with Gasteiger partial charge < -0.3 is 14.8 Å². The van der Waals surface area contributed by atoms with Crippen LogP contribution in [0.1, 0.15) is 39.1 Å². The van der Waals surface area contributed by atoms with E-state index >= 15 is 0 Å². The normalized spacial score (nSPS) is 18.5. The number of carbonyl (C=O) groups excluding carboxylic acids is 3. The molecule has 3 amide bonds. The van der Waals surface area contributed by atoms with E-state index in [1.54, 1.807) is 25.3 Å². The van der Waals surface area contributed by atoms with Gasteiger partial charge in [-0.25, -0.2) is 0 Å². The lowest BCUT2D eigenvalue weighted by molar-refractivity contribution is -0.125. The third kappa shape index (κ3) is 3.35. The van der Waals surface area contributed by atoms with E-state index in [1.165, 1.54) is 0 Å². The van der Waals surface area contributed by atoms with Gasteiger partial charge in [0.15, 0.2) is 0 Å². The van der Waals surface area contributed by atoms with Crippen LogP contribution in [0.15, 0.2) is 54.7 Å². The van der Waals surface area contributed by atoms with Crippen LogP contribution in [0.2, 0.25) is 0 Å². The van der Waals surface area contributed by atoms with Crippen LogP contribution in [0.3, 0.4) is 0 Å². The molecule has 0 bridgehead atoms. The molecule has 0 aromatic heterocycles. The van der Waals surface area contributed by atoms with Crippen molar-refractivity contribution in [1.29, 1.82) is 0 Å². The summed E-state index contributed by atoms with van der Waals surface area (Å²) >= 11 is 0. The number of benzene rings is 2. The summed E-state index contributed by atoms with van der Waals surface area (Å²) in [5.74, 6) is -0.328. The Kier molecular flexibility index (Phi) is 4.80. The molecule has 0 spiro atoms. The zero-order valence-corrected chi connectivity index (χ0v) is 15.9. The Morgan fingerprint density at radius 1 is 1.10 bits per heavy atom. The number of allylic oxidation sites excluding steroid dienone is 1. The monoisotopic (exact) mass is 392 g/mol. The summed E-state index contributed by atoms with van der Waals surface area (Å²) in [6.45, 7) is 3.96. The second-order valence-electron chi connectivity index (χ2n) is 6.94. The molecular formula is C22H20N2O5. The van der Waals surface area contributed by atoms with Gasteiger partial charge in [0.05, 0.1) is 18.2 Å². The molecule has 2 heterocycles. The van der Waals surface area contributed by atoms with Gasteiger partial charge in [-0.15, -0.1) is 0 Å². The predicted octanol–water partition coefficient (Wildman–Crippen LogP) is 2.66. The number of imide groups is 1. The summed E-state index contributed by atoms with van der Waals surface area (Å²) in [4.78, 5) is 39.3. The van der Waals surface area contributed by atoms with E-state index in [1.807, 2.05) is 24.3 Å². The van der Waals surface area contributed by atoms with Gasteiger partial charge in [-0.2, -0.15) is 0 Å². The van der Waals surface area contributed by atoms with Crippen LogP contribution in [0.25, 0.3) is 0 Å². The molecule has 1 unspecified atom stereocenters. The molecule has 1 atom stereocenters. The molecule has 7 heteroatoms. The molecule has 1 N–H and O–H groups in total. The summed E-state index contributed by atoms with van der Waals surface area (Å²) in [5, 5.41) is 2.62. The zero-order chi connectivity index (χ0) is 20.5. The van der Waals surface area contributed by atoms with E-state index in [9.17, 15) is 14.4 Å². The molecular weight excluding hydrogens is 372 g/mol. The summed E-state index contributed by atoms with van der Waals surface area (Å²) in [6.07, 6.45) is 0.878. The van der Waals surface area contributed by atoms with Gasteiger partial charge in [0.1, 0.15) is 24.1 Å². The molecule has 148 valence electrons. The lowest BCUT2D eigenvalue weighted by Gasteiger charge is -2.29. The molecule has 0 aliphatic carbocycles. The minimum Gasteiger partial charge on any atom is -0.497 e. The molecule has 29 heavy (non-hydrogen) atoms. The van der Waals surface area contributed by atoms with Gasteiger partial charge in [-0.05, 0) is 42.7 Å². The van der Waals surface area contributed by atoms with Crippen molar-refractivity contribution in [3.63, 3.8) is 0 Å². The fourth-order valence-electron chi connectivity index (χ4n) is 3.57. The van der Waals surface area contributed by atoms with Gasteiger partial charge in [0, 0.05) is 5.70 Å². The van der Waals surface area contributed by atoms with E-state index in [0.29, 0.717) is 24.3 Å². The summed E-state index contributed by atoms with van der Waals surface area (Å²) in [6, 6.07) is 11.4. The first-order valence-electron chi connectivity index (χ1n) is 9.25. The number of nitrogens with one attached hydrogen (secondary N) is 1. The lowest BCUT2D eigenvalue weighted by Crippen LogP contribution is -2.51. The van der Waals surface area contributed by atoms with E-state index in [0.717, 1.165) is 16.2 Å². The highest BCUT2D eigenvalue weighted by atomic mass is 16.5. The van der Waals surface area contributed by atoms with Crippen molar-refractivity contribution in [3.8, 4) is 11.5 Å². The standard InChI is InChI=1S/C22H20N2O5/c1-13-6-11-17(20(25)23-13)24-21(26)16-4-3-5-18(19(16)22(24)27)29-12-14-7-9-15(28-2)10-8-14/h3-5,7-10,17H,1,6,11-12H2,2H3,(H,23,25). The number of ether oxygens (including phenoxy) is 2. The fourth-order valence-corrected chi connectivity index (χ4v) is 3.57. The highest BCUT2D eigenvalue weighted by Gasteiger charge is 2.45. The maximum Gasteiger partial charge on any atom is 0.266 e. The first kappa shape index (κ1) is 18.7. The van der Waals surface area contributed by atoms with Crippen molar-refractivity contribution in [1.82, 2.24) is 10.2 Å². The van der Waals surface area contributed by atoms with Crippen molar-refractivity contribution in [3.05, 3.63) is 71.4 Å². The Labute approximate surface area is 167 Å². The highest BCUT2D eigenvalue weighted by Crippen LogP contribution is 2.34. The average molecular weight is 392 g/mol. The van der Waals surface area contributed by atoms with E-state index in [2.05, 4.69) is 11.9 Å². The zero-order valence-electron chi connectivity index (χ0n) is 15.9. The summed E-state index contributed by atoms with van der Waals surface area (Å²) in [7, 11) is 1.59. The van der Waals surface area contributed by atoms with Crippen molar-refractivity contribution < 1.29 is 23.9 Å².